The molecule has 0 aliphatic carbocycles. The van der Waals surface area contributed by atoms with Gasteiger partial charge in [0.25, 0.3) is 15.9 Å². The average molecular weight is 464 g/mol. The van der Waals surface area contributed by atoms with Gasteiger partial charge in [-0.05, 0) is 36.4 Å². The van der Waals surface area contributed by atoms with E-state index < -0.39 is 38.5 Å². The van der Waals surface area contributed by atoms with Crippen LogP contribution in [0, 0.1) is 0 Å². The highest BCUT2D eigenvalue weighted by Crippen LogP contribution is 2.35. The fourth-order valence-electron chi connectivity index (χ4n) is 2.42. The Morgan fingerprint density at radius 1 is 1.03 bits per heavy atom. The lowest BCUT2D eigenvalue weighted by Gasteiger charge is -2.13. The highest BCUT2D eigenvalue weighted by Gasteiger charge is 2.34. The van der Waals surface area contributed by atoms with Crippen LogP contribution in [0.5, 0.6) is 0 Å². The molecule has 0 atom stereocenters. The third-order valence-corrected chi connectivity index (χ3v) is 5.70. The summed E-state index contributed by atoms with van der Waals surface area (Å²) in [5, 5.41) is -0.189. The Kier molecular flexibility index (Phi) is 5.61. The molecule has 1 aromatic heterocycles. The van der Waals surface area contributed by atoms with Gasteiger partial charge in [0.1, 0.15) is 11.5 Å². The summed E-state index contributed by atoms with van der Waals surface area (Å²) in [6.45, 7) is 0. The Labute approximate surface area is 172 Å². The Balaban J connectivity index is 1.94. The van der Waals surface area contributed by atoms with Gasteiger partial charge in [0.15, 0.2) is 5.69 Å². The molecular weight excluding hydrogens is 454 g/mol. The van der Waals surface area contributed by atoms with Crippen molar-refractivity contribution in [2.24, 2.45) is 0 Å². The molecule has 0 spiro atoms. The summed E-state index contributed by atoms with van der Waals surface area (Å²) in [4.78, 5) is 15.8. The van der Waals surface area contributed by atoms with Gasteiger partial charge in [-0.1, -0.05) is 35.3 Å². The fourth-order valence-corrected chi connectivity index (χ4v) is 3.77. The van der Waals surface area contributed by atoms with E-state index in [1.165, 1.54) is 36.4 Å². The summed E-state index contributed by atoms with van der Waals surface area (Å²) in [5.41, 5.74) is -1.92. The molecule has 0 bridgehead atoms. The van der Waals surface area contributed by atoms with Gasteiger partial charge < -0.3 is 0 Å². The van der Waals surface area contributed by atoms with E-state index in [0.29, 0.717) is 5.02 Å². The minimum atomic E-state index is -4.68. The van der Waals surface area contributed by atoms with Crippen LogP contribution < -0.4 is 4.72 Å². The SMILES string of the molecule is O=C(NS(=O)(=O)c1ccc(Cl)cc1)c1ncn(-c2ccccc2C(F)(F)F)c1Cl. The summed E-state index contributed by atoms with van der Waals surface area (Å²) in [6, 6.07) is 9.52. The van der Waals surface area contributed by atoms with Gasteiger partial charge in [0.05, 0.1) is 16.1 Å². The second kappa shape index (κ2) is 7.69. The minimum absolute atomic E-state index is 0.242. The molecule has 12 heteroatoms. The summed E-state index contributed by atoms with van der Waals surface area (Å²) >= 11 is 11.7. The molecular formula is C17H10Cl2F3N3O3S. The van der Waals surface area contributed by atoms with Crippen LogP contribution in [0.2, 0.25) is 10.2 Å². The highest BCUT2D eigenvalue weighted by atomic mass is 35.5. The molecule has 0 aliphatic heterocycles. The van der Waals surface area contributed by atoms with Gasteiger partial charge in [-0.3, -0.25) is 9.36 Å². The van der Waals surface area contributed by atoms with Crippen LogP contribution >= 0.6 is 23.2 Å². The zero-order valence-electron chi connectivity index (χ0n) is 14.1. The molecule has 1 N–H and O–H groups in total. The lowest BCUT2D eigenvalue weighted by atomic mass is 10.1. The molecule has 0 saturated heterocycles. The maximum absolute atomic E-state index is 13.2. The van der Waals surface area contributed by atoms with Crippen LogP contribution in [0.15, 0.2) is 59.8 Å². The van der Waals surface area contributed by atoms with Crippen LogP contribution in [0.1, 0.15) is 16.1 Å². The quantitative estimate of drug-likeness (QED) is 0.624. The third kappa shape index (κ3) is 4.39. The largest absolute Gasteiger partial charge is 0.418 e. The van der Waals surface area contributed by atoms with Crippen molar-refractivity contribution in [2.75, 3.05) is 0 Å². The number of hydrogen-bond acceptors (Lipinski definition) is 4. The van der Waals surface area contributed by atoms with E-state index in [4.69, 9.17) is 23.2 Å². The number of hydrogen-bond donors (Lipinski definition) is 1. The molecule has 29 heavy (non-hydrogen) atoms. The molecule has 0 fully saturated rings. The smallest absolute Gasteiger partial charge is 0.288 e. The van der Waals surface area contributed by atoms with E-state index in [2.05, 4.69) is 4.98 Å². The van der Waals surface area contributed by atoms with Gasteiger partial charge in [0, 0.05) is 5.02 Å². The monoisotopic (exact) mass is 463 g/mol. The van der Waals surface area contributed by atoms with Crippen molar-refractivity contribution in [3.05, 3.63) is 76.3 Å². The summed E-state index contributed by atoms with van der Waals surface area (Å²) in [6.07, 6.45) is -3.78. The van der Waals surface area contributed by atoms with Crippen molar-refractivity contribution < 1.29 is 26.4 Å². The average Bonchev–Trinajstić information content (AvgIpc) is 3.02. The number of halogens is 5. The van der Waals surface area contributed by atoms with Crippen LogP contribution in [0.25, 0.3) is 5.69 Å². The first-order valence-electron chi connectivity index (χ1n) is 7.73. The lowest BCUT2D eigenvalue weighted by Crippen LogP contribution is -2.31. The predicted molar refractivity (Wildman–Crippen MR) is 99.7 cm³/mol. The number of amides is 1. The topological polar surface area (TPSA) is 81.1 Å². The molecule has 6 nitrogen and oxygen atoms in total. The van der Waals surface area contributed by atoms with Crippen molar-refractivity contribution in [1.82, 2.24) is 14.3 Å². The number of benzene rings is 2. The zero-order chi connectivity index (χ0) is 21.4. The molecule has 3 aromatic rings. The Hall–Kier alpha value is -2.56. The van der Waals surface area contributed by atoms with Crippen LogP contribution in [-0.4, -0.2) is 23.9 Å². The number of carbonyl (C=O) groups is 1. The number of aromatic nitrogens is 2. The number of nitrogens with one attached hydrogen (secondary N) is 1. The number of nitrogens with zero attached hydrogens (tertiary/aromatic N) is 2. The number of imidazole rings is 1. The van der Waals surface area contributed by atoms with Crippen LogP contribution in [0.4, 0.5) is 13.2 Å². The van der Waals surface area contributed by atoms with Crippen molar-refractivity contribution in [1.29, 1.82) is 0 Å². The number of carbonyl (C=O) groups excluding carboxylic acids is 1. The van der Waals surface area contributed by atoms with Crippen molar-refractivity contribution in [2.45, 2.75) is 11.1 Å². The molecule has 1 heterocycles. The normalized spacial score (nSPS) is 12.0. The molecule has 0 aliphatic rings. The van der Waals surface area contributed by atoms with E-state index in [1.807, 2.05) is 0 Å². The molecule has 2 aromatic carbocycles. The Morgan fingerprint density at radius 2 is 1.66 bits per heavy atom. The van der Waals surface area contributed by atoms with E-state index in [-0.39, 0.29) is 10.6 Å². The van der Waals surface area contributed by atoms with Crippen LogP contribution in [0.3, 0.4) is 0 Å². The summed E-state index contributed by atoms with van der Waals surface area (Å²) in [7, 11) is -4.27. The van der Waals surface area contributed by atoms with Gasteiger partial charge in [0.2, 0.25) is 0 Å². The Morgan fingerprint density at radius 3 is 2.28 bits per heavy atom. The highest BCUT2D eigenvalue weighted by molar-refractivity contribution is 7.90. The van der Waals surface area contributed by atoms with Gasteiger partial charge >= 0.3 is 6.18 Å². The van der Waals surface area contributed by atoms with E-state index in [9.17, 15) is 26.4 Å². The number of sulfonamides is 1. The van der Waals surface area contributed by atoms with Gasteiger partial charge in [-0.2, -0.15) is 13.2 Å². The molecule has 0 unspecified atom stereocenters. The molecule has 3 rings (SSSR count). The van der Waals surface area contributed by atoms with Crippen LogP contribution in [-0.2, 0) is 16.2 Å². The molecule has 0 saturated carbocycles. The van der Waals surface area contributed by atoms with Crippen molar-refractivity contribution >= 4 is 39.1 Å². The fraction of sp³-hybridized carbons (Fsp3) is 0.0588. The van der Waals surface area contributed by atoms with Crippen molar-refractivity contribution in [3.63, 3.8) is 0 Å². The standard InChI is InChI=1S/C17H10Cl2F3N3O3S/c18-10-5-7-11(8-6-10)29(27,28)24-16(26)14-15(19)25(9-23-14)13-4-2-1-3-12(13)17(20,21)22/h1-9H,(H,24,26). The second-order valence-corrected chi connectivity index (χ2v) is 8.13. The number of rotatable bonds is 4. The first-order chi connectivity index (χ1) is 13.5. The van der Waals surface area contributed by atoms with E-state index in [1.54, 1.807) is 4.72 Å². The van der Waals surface area contributed by atoms with Gasteiger partial charge in [-0.25, -0.2) is 18.1 Å². The number of para-hydroxylation sites is 1. The minimum Gasteiger partial charge on any atom is -0.288 e. The van der Waals surface area contributed by atoms with E-state index in [0.717, 1.165) is 23.0 Å². The zero-order valence-corrected chi connectivity index (χ0v) is 16.4. The van der Waals surface area contributed by atoms with E-state index >= 15 is 0 Å². The Bertz CT molecular complexity index is 1180. The van der Waals surface area contributed by atoms with Crippen molar-refractivity contribution in [3.8, 4) is 5.69 Å². The number of alkyl halides is 3. The lowest BCUT2D eigenvalue weighted by molar-refractivity contribution is -0.137. The van der Waals surface area contributed by atoms with Gasteiger partial charge in [-0.15, -0.1) is 0 Å². The molecule has 1 amide bonds. The molecule has 152 valence electrons. The summed E-state index contributed by atoms with van der Waals surface area (Å²) in [5.74, 6) is -1.20. The first kappa shape index (κ1) is 21.2. The third-order valence-electron chi connectivity index (χ3n) is 3.74. The molecule has 0 radical (unpaired) electrons. The first-order valence-corrected chi connectivity index (χ1v) is 9.97. The maximum atomic E-state index is 13.2. The summed E-state index contributed by atoms with van der Waals surface area (Å²) < 4.78 is 66.9. The predicted octanol–water partition coefficient (Wildman–Crippen LogP) is 4.32. The second-order valence-electron chi connectivity index (χ2n) is 5.66. The maximum Gasteiger partial charge on any atom is 0.418 e.